The van der Waals surface area contributed by atoms with E-state index in [9.17, 15) is 4.79 Å². The second-order valence-corrected chi connectivity index (χ2v) is 4.33. The Bertz CT molecular complexity index is 288. The molecule has 0 aromatic carbocycles. The molecule has 0 atom stereocenters. The van der Waals surface area contributed by atoms with Crippen LogP contribution in [-0.4, -0.2) is 21.5 Å². The lowest BCUT2D eigenvalue weighted by molar-refractivity contribution is -0.125. The van der Waals surface area contributed by atoms with Gasteiger partial charge in [0, 0.05) is 5.54 Å². The Morgan fingerprint density at radius 1 is 1.46 bits per heavy atom. The van der Waals surface area contributed by atoms with E-state index in [0.29, 0.717) is 10.8 Å². The Morgan fingerprint density at radius 2 is 2.00 bits per heavy atom. The largest absolute Gasteiger partial charge is 0.328 e. The number of thiocarbonyl (C=S) groups is 1. The number of nitrogens with one attached hydrogen (secondary N) is 1. The summed E-state index contributed by atoms with van der Waals surface area (Å²) in [6.07, 6.45) is 1.74. The van der Waals surface area contributed by atoms with Crippen LogP contribution in [0.4, 0.5) is 0 Å². The average molecular weight is 198 g/mol. The first kappa shape index (κ1) is 10.2. The highest BCUT2D eigenvalue weighted by molar-refractivity contribution is 7.80. The van der Waals surface area contributed by atoms with Gasteiger partial charge < -0.3 is 5.32 Å². The molecule has 3 nitrogen and oxygen atoms in total. The molecule has 1 saturated heterocycles. The molecular weight excluding hydrogens is 184 g/mol. The summed E-state index contributed by atoms with van der Waals surface area (Å²) in [5, 5.41) is 3.37. The zero-order valence-electron chi connectivity index (χ0n) is 8.34. The minimum atomic E-state index is -0.258. The molecule has 0 aliphatic carbocycles. The third-order valence-electron chi connectivity index (χ3n) is 1.84. The summed E-state index contributed by atoms with van der Waals surface area (Å²) in [5.41, 5.74) is 0.311. The van der Waals surface area contributed by atoms with Crippen LogP contribution in [0.3, 0.4) is 0 Å². The number of allylic oxidation sites excluding steroid dienone is 1. The highest BCUT2D eigenvalue weighted by Crippen LogP contribution is 2.20. The minimum Gasteiger partial charge on any atom is -0.328 e. The van der Waals surface area contributed by atoms with Gasteiger partial charge in [-0.05, 0) is 39.9 Å². The average Bonchev–Trinajstić information content (AvgIpc) is 2.24. The molecule has 0 unspecified atom stereocenters. The molecule has 0 aromatic rings. The van der Waals surface area contributed by atoms with E-state index in [1.165, 1.54) is 0 Å². The van der Waals surface area contributed by atoms with Crippen LogP contribution >= 0.6 is 12.2 Å². The van der Waals surface area contributed by atoms with Gasteiger partial charge in [0.2, 0.25) is 0 Å². The Balaban J connectivity index is 3.03. The van der Waals surface area contributed by atoms with E-state index in [2.05, 4.69) is 5.32 Å². The maximum Gasteiger partial charge on any atom is 0.276 e. The van der Waals surface area contributed by atoms with Crippen molar-refractivity contribution >= 4 is 23.2 Å². The number of hydrogen-bond donors (Lipinski definition) is 1. The predicted octanol–water partition coefficient (Wildman–Crippen LogP) is 1.41. The Morgan fingerprint density at radius 3 is 2.23 bits per heavy atom. The Labute approximate surface area is 83.8 Å². The van der Waals surface area contributed by atoms with Crippen LogP contribution in [0, 0.1) is 0 Å². The van der Waals surface area contributed by atoms with Crippen molar-refractivity contribution in [1.29, 1.82) is 0 Å². The van der Waals surface area contributed by atoms with E-state index in [-0.39, 0.29) is 11.4 Å². The molecule has 13 heavy (non-hydrogen) atoms. The molecule has 1 fully saturated rings. The van der Waals surface area contributed by atoms with Crippen molar-refractivity contribution in [2.45, 2.75) is 33.2 Å². The standard InChI is InChI=1S/C9H14N2OS/c1-5-6-7(12)11(8(13)10-6)9(2,3)4/h5H,1-4H3,(H,10,13). The van der Waals surface area contributed by atoms with Gasteiger partial charge in [-0.15, -0.1) is 0 Å². The van der Waals surface area contributed by atoms with Crippen LogP contribution in [0.1, 0.15) is 27.7 Å². The van der Waals surface area contributed by atoms with E-state index < -0.39 is 0 Å². The van der Waals surface area contributed by atoms with Gasteiger partial charge in [0.1, 0.15) is 5.70 Å². The van der Waals surface area contributed by atoms with Crippen molar-refractivity contribution in [3.63, 3.8) is 0 Å². The zero-order valence-corrected chi connectivity index (χ0v) is 9.16. The maximum atomic E-state index is 11.7. The Kier molecular flexibility index (Phi) is 2.43. The van der Waals surface area contributed by atoms with Crippen molar-refractivity contribution in [3.05, 3.63) is 11.8 Å². The molecule has 1 aliphatic heterocycles. The van der Waals surface area contributed by atoms with E-state index in [4.69, 9.17) is 12.2 Å². The third-order valence-corrected chi connectivity index (χ3v) is 2.12. The highest BCUT2D eigenvalue weighted by Gasteiger charge is 2.37. The maximum absolute atomic E-state index is 11.7. The van der Waals surface area contributed by atoms with E-state index >= 15 is 0 Å². The van der Waals surface area contributed by atoms with Crippen molar-refractivity contribution in [2.24, 2.45) is 0 Å². The van der Waals surface area contributed by atoms with E-state index in [1.807, 2.05) is 27.7 Å². The molecule has 0 bridgehead atoms. The number of carbonyl (C=O) groups excluding carboxylic acids is 1. The molecule has 1 amide bonds. The molecule has 1 heterocycles. The third kappa shape index (κ3) is 1.72. The highest BCUT2D eigenvalue weighted by atomic mass is 32.1. The number of nitrogens with zero attached hydrogens (tertiary/aromatic N) is 1. The molecule has 72 valence electrons. The molecular formula is C9H14N2OS. The predicted molar refractivity (Wildman–Crippen MR) is 56.1 cm³/mol. The number of rotatable bonds is 0. The van der Waals surface area contributed by atoms with E-state index in [0.717, 1.165) is 0 Å². The second-order valence-electron chi connectivity index (χ2n) is 3.94. The lowest BCUT2D eigenvalue weighted by Gasteiger charge is -2.29. The summed E-state index contributed by atoms with van der Waals surface area (Å²) in [7, 11) is 0. The fraction of sp³-hybridized carbons (Fsp3) is 0.556. The van der Waals surface area contributed by atoms with Gasteiger partial charge in [-0.3, -0.25) is 9.69 Å². The van der Waals surface area contributed by atoms with E-state index in [1.54, 1.807) is 11.0 Å². The van der Waals surface area contributed by atoms with Crippen LogP contribution in [0.15, 0.2) is 11.8 Å². The van der Waals surface area contributed by atoms with Gasteiger partial charge in [-0.25, -0.2) is 0 Å². The molecule has 1 N–H and O–H groups in total. The molecule has 1 rings (SSSR count). The smallest absolute Gasteiger partial charge is 0.276 e. The Hall–Kier alpha value is -0.900. The van der Waals surface area contributed by atoms with Gasteiger partial charge in [0.05, 0.1) is 0 Å². The fourth-order valence-electron chi connectivity index (χ4n) is 1.24. The quantitative estimate of drug-likeness (QED) is 0.472. The summed E-state index contributed by atoms with van der Waals surface area (Å²) in [6, 6.07) is 0. The van der Waals surface area contributed by atoms with Gasteiger partial charge in [0.25, 0.3) is 5.91 Å². The molecule has 0 spiro atoms. The summed E-state index contributed by atoms with van der Waals surface area (Å²) in [4.78, 5) is 13.3. The lowest BCUT2D eigenvalue weighted by atomic mass is 10.1. The van der Waals surface area contributed by atoms with Crippen LogP contribution < -0.4 is 5.32 Å². The number of hydrogen-bond acceptors (Lipinski definition) is 2. The second kappa shape index (κ2) is 3.10. The van der Waals surface area contributed by atoms with Gasteiger partial charge >= 0.3 is 0 Å². The van der Waals surface area contributed by atoms with Gasteiger partial charge in [0.15, 0.2) is 5.11 Å². The number of carbonyl (C=O) groups is 1. The molecule has 0 aromatic heterocycles. The lowest BCUT2D eigenvalue weighted by Crippen LogP contribution is -2.45. The first-order valence-electron chi connectivity index (χ1n) is 4.20. The zero-order chi connectivity index (χ0) is 10.2. The normalized spacial score (nSPS) is 21.2. The molecule has 4 heteroatoms. The van der Waals surface area contributed by atoms with Crippen molar-refractivity contribution in [2.75, 3.05) is 0 Å². The summed E-state index contributed by atoms with van der Waals surface area (Å²) < 4.78 is 0. The molecule has 0 saturated carbocycles. The van der Waals surface area contributed by atoms with Crippen molar-refractivity contribution in [1.82, 2.24) is 10.2 Å². The van der Waals surface area contributed by atoms with Crippen LogP contribution in [0.2, 0.25) is 0 Å². The fourth-order valence-corrected chi connectivity index (χ4v) is 1.71. The van der Waals surface area contributed by atoms with Crippen molar-refractivity contribution in [3.8, 4) is 0 Å². The topological polar surface area (TPSA) is 32.3 Å². The summed E-state index contributed by atoms with van der Waals surface area (Å²) in [5.74, 6) is -0.0417. The number of amides is 1. The minimum absolute atomic E-state index is 0.0417. The molecule has 0 radical (unpaired) electrons. The first-order valence-corrected chi connectivity index (χ1v) is 4.60. The van der Waals surface area contributed by atoms with Crippen molar-refractivity contribution < 1.29 is 4.79 Å². The van der Waals surface area contributed by atoms with Crippen LogP contribution in [0.5, 0.6) is 0 Å². The van der Waals surface area contributed by atoms with Crippen LogP contribution in [-0.2, 0) is 4.79 Å². The van der Waals surface area contributed by atoms with Crippen LogP contribution in [0.25, 0.3) is 0 Å². The van der Waals surface area contributed by atoms with Gasteiger partial charge in [-0.1, -0.05) is 6.08 Å². The molecule has 1 aliphatic rings. The SMILES string of the molecule is CC=C1NC(=S)N(C(C)(C)C)C1=O. The summed E-state index contributed by atoms with van der Waals surface area (Å²) in [6.45, 7) is 7.68. The summed E-state index contributed by atoms with van der Waals surface area (Å²) >= 11 is 5.06. The van der Waals surface area contributed by atoms with Gasteiger partial charge in [-0.2, -0.15) is 0 Å². The monoisotopic (exact) mass is 198 g/mol. The first-order chi connectivity index (χ1) is 5.88.